The van der Waals surface area contributed by atoms with Gasteiger partial charge in [-0.1, -0.05) is 24.3 Å². The number of alkyl halides is 4. The molecule has 4 amide bonds. The molecular weight excluding hydrogens is 688 g/mol. The van der Waals surface area contributed by atoms with Crippen LogP contribution in [0.5, 0.6) is 11.5 Å². The highest BCUT2D eigenvalue weighted by molar-refractivity contribution is 6.10. The average Bonchev–Trinajstić information content (AvgIpc) is 3.12. The molecule has 8 rings (SSSR count). The zero-order valence-corrected chi connectivity index (χ0v) is 28.4. The van der Waals surface area contributed by atoms with Crippen molar-refractivity contribution in [3.05, 3.63) is 47.5 Å². The van der Waals surface area contributed by atoms with Gasteiger partial charge >= 0.3 is 0 Å². The van der Waals surface area contributed by atoms with Crippen molar-refractivity contribution in [3.63, 3.8) is 0 Å². The lowest BCUT2D eigenvalue weighted by Gasteiger charge is -2.46. The maximum atomic E-state index is 15.1. The Balaban J connectivity index is 1.08. The van der Waals surface area contributed by atoms with Crippen molar-refractivity contribution in [1.29, 1.82) is 0 Å². The topological polar surface area (TPSA) is 124 Å². The number of carbonyl (C=O) groups excluding carboxylic acids is 4. The Labute approximate surface area is 297 Å². The second-order valence-corrected chi connectivity index (χ2v) is 14.2. The first-order valence-electron chi connectivity index (χ1n) is 17.9. The van der Waals surface area contributed by atoms with E-state index in [-0.39, 0.29) is 76.3 Å². The monoisotopic (exact) mass is 728 g/mol. The number of hydrogen-bond donors (Lipinski definition) is 2. The number of para-hydroxylation sites is 2. The summed E-state index contributed by atoms with van der Waals surface area (Å²) in [6.45, 7) is 0.524. The molecule has 6 aliphatic rings. The molecule has 278 valence electrons. The number of hydrogen-bond acceptors (Lipinski definition) is 10. The van der Waals surface area contributed by atoms with E-state index in [1.807, 2.05) is 0 Å². The van der Waals surface area contributed by atoms with E-state index in [0.717, 1.165) is 0 Å². The minimum absolute atomic E-state index is 0.0852. The number of halogens is 4. The summed E-state index contributed by atoms with van der Waals surface area (Å²) < 4.78 is 72.1. The molecule has 2 aromatic carbocycles. The molecule has 2 unspecified atom stereocenters. The van der Waals surface area contributed by atoms with Crippen molar-refractivity contribution < 1.29 is 46.2 Å². The number of benzene rings is 2. The van der Waals surface area contributed by atoms with Gasteiger partial charge in [-0.15, -0.1) is 0 Å². The summed E-state index contributed by atoms with van der Waals surface area (Å²) in [6.07, 6.45) is 0.259. The molecule has 4 fully saturated rings. The normalized spacial score (nSPS) is 28.9. The summed E-state index contributed by atoms with van der Waals surface area (Å²) >= 11 is 0. The molecule has 52 heavy (non-hydrogen) atoms. The van der Waals surface area contributed by atoms with Crippen LogP contribution in [0.2, 0.25) is 0 Å². The van der Waals surface area contributed by atoms with E-state index in [4.69, 9.17) is 9.47 Å². The molecule has 16 heteroatoms. The molecule has 6 heterocycles. The number of nitrogens with zero attached hydrogens (tertiary/aromatic N) is 4. The summed E-state index contributed by atoms with van der Waals surface area (Å²) in [6, 6.07) is 7.91. The number of hydrazine groups is 1. The lowest BCUT2D eigenvalue weighted by Crippen LogP contribution is -2.67. The van der Waals surface area contributed by atoms with Crippen LogP contribution in [0.25, 0.3) is 0 Å². The van der Waals surface area contributed by atoms with E-state index in [2.05, 4.69) is 10.6 Å². The average molecular weight is 729 g/mol. The number of anilines is 2. The lowest BCUT2D eigenvalue weighted by molar-refractivity contribution is -0.186. The molecule has 0 radical (unpaired) electrons. The van der Waals surface area contributed by atoms with E-state index in [1.165, 1.54) is 0 Å². The smallest absolute Gasteiger partial charge is 0.271 e. The SMILES string of the molecule is O=C1CCC(N2CCOc3c([C@H]4CCNCC4(F)F)cccc32)C(=O)N1N1C(=O)CCC(N2CCOc3c([C@@H]4CCNCC4(F)F)cccc32)C1=O. The van der Waals surface area contributed by atoms with Gasteiger partial charge in [0.25, 0.3) is 23.7 Å². The highest BCUT2D eigenvalue weighted by atomic mass is 19.3. The third-order valence-electron chi connectivity index (χ3n) is 11.2. The molecule has 4 atom stereocenters. The molecule has 0 aliphatic carbocycles. The van der Waals surface area contributed by atoms with E-state index < -0.39 is 72.5 Å². The van der Waals surface area contributed by atoms with Gasteiger partial charge in [-0.25, -0.2) is 17.6 Å². The number of imide groups is 2. The first-order chi connectivity index (χ1) is 25.0. The predicted molar refractivity (Wildman–Crippen MR) is 179 cm³/mol. The second-order valence-electron chi connectivity index (χ2n) is 14.2. The van der Waals surface area contributed by atoms with Crippen LogP contribution < -0.4 is 29.9 Å². The summed E-state index contributed by atoms with van der Waals surface area (Å²) in [5, 5.41) is 6.77. The lowest BCUT2D eigenvalue weighted by atomic mass is 9.85. The Kier molecular flexibility index (Phi) is 8.79. The Bertz CT molecular complexity index is 1670. The molecule has 2 N–H and O–H groups in total. The number of piperidine rings is 4. The van der Waals surface area contributed by atoms with E-state index in [9.17, 15) is 19.2 Å². The van der Waals surface area contributed by atoms with Crippen LogP contribution >= 0.6 is 0 Å². The fraction of sp³-hybridized carbons (Fsp3) is 0.556. The number of nitrogens with one attached hydrogen (secondary N) is 2. The van der Waals surface area contributed by atoms with Gasteiger partial charge in [0, 0.05) is 24.0 Å². The highest BCUT2D eigenvalue weighted by Crippen LogP contribution is 2.49. The van der Waals surface area contributed by atoms with Crippen LogP contribution in [0.1, 0.15) is 61.5 Å². The van der Waals surface area contributed by atoms with Crippen LogP contribution in [-0.2, 0) is 19.2 Å². The molecule has 12 nitrogen and oxygen atoms in total. The Morgan fingerprint density at radius 1 is 0.615 bits per heavy atom. The van der Waals surface area contributed by atoms with Gasteiger partial charge in [0.05, 0.1) is 49.4 Å². The fourth-order valence-corrected chi connectivity index (χ4v) is 8.72. The summed E-state index contributed by atoms with van der Waals surface area (Å²) in [5.74, 6) is -10.7. The molecule has 0 aromatic heterocycles. The van der Waals surface area contributed by atoms with E-state index in [0.29, 0.717) is 45.6 Å². The molecule has 2 aromatic rings. The molecule has 4 saturated heterocycles. The minimum atomic E-state index is -3.02. The van der Waals surface area contributed by atoms with Gasteiger partial charge in [0.15, 0.2) is 0 Å². The van der Waals surface area contributed by atoms with Crippen molar-refractivity contribution in [1.82, 2.24) is 20.7 Å². The molecule has 0 saturated carbocycles. The number of ether oxygens (including phenoxy) is 2. The maximum Gasteiger partial charge on any atom is 0.271 e. The van der Waals surface area contributed by atoms with Crippen LogP contribution in [0, 0.1) is 0 Å². The minimum Gasteiger partial charge on any atom is -0.489 e. The van der Waals surface area contributed by atoms with E-state index >= 15 is 17.6 Å². The Hall–Kier alpha value is -4.44. The van der Waals surface area contributed by atoms with Gasteiger partial charge in [-0.2, -0.15) is 10.0 Å². The zero-order chi connectivity index (χ0) is 36.4. The Morgan fingerprint density at radius 3 is 1.44 bits per heavy atom. The van der Waals surface area contributed by atoms with Crippen LogP contribution in [0.15, 0.2) is 36.4 Å². The number of carbonyl (C=O) groups is 4. The third-order valence-corrected chi connectivity index (χ3v) is 11.2. The van der Waals surface area contributed by atoms with Gasteiger partial charge in [-0.3, -0.25) is 19.2 Å². The number of rotatable bonds is 5. The number of amides is 4. The second kappa shape index (κ2) is 13.2. The van der Waals surface area contributed by atoms with Crippen molar-refractivity contribution in [2.45, 2.75) is 74.3 Å². The number of fused-ring (bicyclic) bond motifs is 2. The summed E-state index contributed by atoms with van der Waals surface area (Å²) in [5.41, 5.74) is 1.54. The van der Waals surface area contributed by atoms with Gasteiger partial charge in [0.1, 0.15) is 36.8 Å². The standard InChI is InChI=1S/C36H40F4N6O6/c37-35(38)19-41-13-11-23(35)21-3-1-5-25-31(21)51-17-15-43(25)27-7-9-29(47)45(33(27)49)46-30(48)10-8-28(34(46)50)44-16-18-52-32-22(4-2-6-26(32)44)24-12-14-42-20-36(24,39)40/h1-6,23-24,27-28,41-42H,7-20H2/t23-,24+,27?,28?. The fourth-order valence-electron chi connectivity index (χ4n) is 8.72. The van der Waals surface area contributed by atoms with Crippen molar-refractivity contribution in [2.24, 2.45) is 0 Å². The third kappa shape index (κ3) is 5.74. The van der Waals surface area contributed by atoms with Gasteiger partial charge < -0.3 is 29.9 Å². The van der Waals surface area contributed by atoms with E-state index in [1.54, 1.807) is 46.2 Å². The maximum absolute atomic E-state index is 15.1. The van der Waals surface area contributed by atoms with Crippen LogP contribution in [0.3, 0.4) is 0 Å². The first-order valence-corrected chi connectivity index (χ1v) is 17.9. The van der Waals surface area contributed by atoms with Crippen LogP contribution in [-0.4, -0.2) is 110 Å². The van der Waals surface area contributed by atoms with Gasteiger partial charge in [0.2, 0.25) is 11.8 Å². The summed E-state index contributed by atoms with van der Waals surface area (Å²) in [4.78, 5) is 59.0. The van der Waals surface area contributed by atoms with Crippen molar-refractivity contribution in [3.8, 4) is 11.5 Å². The van der Waals surface area contributed by atoms with Crippen LogP contribution in [0.4, 0.5) is 28.9 Å². The molecule has 0 bridgehead atoms. The summed E-state index contributed by atoms with van der Waals surface area (Å²) in [7, 11) is 0. The quantitative estimate of drug-likeness (QED) is 0.351. The first kappa shape index (κ1) is 34.6. The highest BCUT2D eigenvalue weighted by Gasteiger charge is 2.51. The predicted octanol–water partition coefficient (Wildman–Crippen LogP) is 3.16. The van der Waals surface area contributed by atoms with Crippen molar-refractivity contribution in [2.75, 3.05) is 62.3 Å². The largest absolute Gasteiger partial charge is 0.489 e. The van der Waals surface area contributed by atoms with Gasteiger partial charge in [-0.05, 0) is 50.9 Å². The molecular formula is C36H40F4N6O6. The molecule has 0 spiro atoms. The zero-order valence-electron chi connectivity index (χ0n) is 28.4. The van der Waals surface area contributed by atoms with Crippen molar-refractivity contribution >= 4 is 35.0 Å². The Morgan fingerprint density at radius 2 is 1.04 bits per heavy atom. The molecule has 6 aliphatic heterocycles.